The van der Waals surface area contributed by atoms with Crippen LogP contribution < -0.4 is 10.9 Å². The van der Waals surface area contributed by atoms with E-state index in [0.29, 0.717) is 11.2 Å². The molecule has 2 aromatic rings. The Morgan fingerprint density at radius 1 is 1.39 bits per heavy atom. The van der Waals surface area contributed by atoms with Gasteiger partial charge in [-0.1, -0.05) is 6.07 Å². The minimum Gasteiger partial charge on any atom is -0.444 e. The van der Waals surface area contributed by atoms with Crippen molar-refractivity contribution in [1.29, 1.82) is 0 Å². The van der Waals surface area contributed by atoms with Gasteiger partial charge >= 0.3 is 0 Å². The summed E-state index contributed by atoms with van der Waals surface area (Å²) in [6.07, 6.45) is 1.68. The lowest BCUT2D eigenvalue weighted by atomic mass is 10.3. The quantitative estimate of drug-likeness (QED) is 0.938. The highest BCUT2D eigenvalue weighted by Crippen LogP contribution is 2.13. The standard InChI is InChI=1S/C12H11BrN2O3/c1-15-7-8(2-5-11(15)16)6-14-12(17)9-3-4-10(13)18-9/h2-5,7H,6H2,1H3,(H,14,17). The molecule has 0 spiro atoms. The summed E-state index contributed by atoms with van der Waals surface area (Å²) in [4.78, 5) is 22.9. The molecule has 2 heterocycles. The van der Waals surface area contributed by atoms with Crippen LogP contribution >= 0.6 is 15.9 Å². The van der Waals surface area contributed by atoms with Crippen LogP contribution in [0.4, 0.5) is 0 Å². The number of amides is 1. The smallest absolute Gasteiger partial charge is 0.287 e. The molecule has 0 radical (unpaired) electrons. The van der Waals surface area contributed by atoms with E-state index in [1.165, 1.54) is 10.6 Å². The van der Waals surface area contributed by atoms with Crippen LogP contribution in [-0.2, 0) is 13.6 Å². The fraction of sp³-hybridized carbons (Fsp3) is 0.167. The molecule has 18 heavy (non-hydrogen) atoms. The normalized spacial score (nSPS) is 10.3. The van der Waals surface area contributed by atoms with E-state index in [1.807, 2.05) is 0 Å². The van der Waals surface area contributed by atoms with Gasteiger partial charge in [0.2, 0.25) is 5.56 Å². The Morgan fingerprint density at radius 3 is 2.78 bits per heavy atom. The number of pyridine rings is 1. The lowest BCUT2D eigenvalue weighted by Crippen LogP contribution is -2.23. The fourth-order valence-corrected chi connectivity index (χ4v) is 1.77. The molecule has 5 nitrogen and oxygen atoms in total. The monoisotopic (exact) mass is 310 g/mol. The molecule has 2 rings (SSSR count). The van der Waals surface area contributed by atoms with E-state index < -0.39 is 0 Å². The molecule has 2 aromatic heterocycles. The zero-order valence-corrected chi connectivity index (χ0v) is 11.2. The first kappa shape index (κ1) is 12.6. The first-order valence-corrected chi connectivity index (χ1v) is 6.04. The highest BCUT2D eigenvalue weighted by atomic mass is 79.9. The van der Waals surface area contributed by atoms with Crippen molar-refractivity contribution in [1.82, 2.24) is 9.88 Å². The molecule has 0 atom stereocenters. The molecule has 1 N–H and O–H groups in total. The molecule has 0 aliphatic rings. The third-order valence-corrected chi connectivity index (χ3v) is 2.82. The summed E-state index contributed by atoms with van der Waals surface area (Å²) in [6.45, 7) is 0.339. The lowest BCUT2D eigenvalue weighted by Gasteiger charge is -2.04. The number of hydrogen-bond acceptors (Lipinski definition) is 3. The van der Waals surface area contributed by atoms with Crippen molar-refractivity contribution in [2.75, 3.05) is 0 Å². The fourth-order valence-electron chi connectivity index (χ4n) is 1.46. The van der Waals surface area contributed by atoms with Gasteiger partial charge in [0.1, 0.15) is 0 Å². The van der Waals surface area contributed by atoms with Crippen molar-refractivity contribution in [2.45, 2.75) is 6.54 Å². The Labute approximate surface area is 112 Å². The Balaban J connectivity index is 2.01. The van der Waals surface area contributed by atoms with Crippen molar-refractivity contribution in [3.05, 3.63) is 56.8 Å². The summed E-state index contributed by atoms with van der Waals surface area (Å²) in [5.41, 5.74) is 0.760. The molecule has 0 aliphatic carbocycles. The van der Waals surface area contributed by atoms with Crippen LogP contribution in [0.25, 0.3) is 0 Å². The summed E-state index contributed by atoms with van der Waals surface area (Å²) in [5.74, 6) is -0.0544. The van der Waals surface area contributed by atoms with Crippen LogP contribution in [0.15, 0.2) is 44.3 Å². The first-order chi connectivity index (χ1) is 8.56. The molecular formula is C12H11BrN2O3. The maximum Gasteiger partial charge on any atom is 0.287 e. The van der Waals surface area contributed by atoms with Crippen LogP contribution in [-0.4, -0.2) is 10.5 Å². The van der Waals surface area contributed by atoms with Crippen molar-refractivity contribution < 1.29 is 9.21 Å². The van der Waals surface area contributed by atoms with E-state index in [-0.39, 0.29) is 17.2 Å². The number of hydrogen-bond donors (Lipinski definition) is 1. The summed E-state index contributed by atoms with van der Waals surface area (Å²) in [5, 5.41) is 2.71. The number of nitrogens with one attached hydrogen (secondary N) is 1. The van der Waals surface area contributed by atoms with Crippen LogP contribution in [0.1, 0.15) is 16.1 Å². The molecule has 94 valence electrons. The molecule has 0 saturated heterocycles. The molecule has 0 aromatic carbocycles. The van der Waals surface area contributed by atoms with E-state index in [4.69, 9.17) is 4.42 Å². The predicted molar refractivity (Wildman–Crippen MR) is 69.3 cm³/mol. The number of carbonyl (C=O) groups excluding carboxylic acids is 1. The summed E-state index contributed by atoms with van der Waals surface area (Å²) >= 11 is 3.13. The largest absolute Gasteiger partial charge is 0.444 e. The van der Waals surface area contributed by atoms with Gasteiger partial charge in [0.25, 0.3) is 5.91 Å². The maximum absolute atomic E-state index is 11.7. The Kier molecular flexibility index (Phi) is 3.66. The number of aryl methyl sites for hydroxylation is 1. The number of carbonyl (C=O) groups is 1. The predicted octanol–water partition coefficient (Wildman–Crippen LogP) is 1.67. The molecule has 0 unspecified atom stereocenters. The van der Waals surface area contributed by atoms with Gasteiger partial charge in [0, 0.05) is 25.9 Å². The Bertz CT molecular complexity index is 630. The van der Waals surface area contributed by atoms with Crippen LogP contribution in [0.3, 0.4) is 0 Å². The van der Waals surface area contributed by atoms with E-state index in [1.54, 1.807) is 31.4 Å². The zero-order valence-electron chi connectivity index (χ0n) is 9.64. The number of rotatable bonds is 3. The second kappa shape index (κ2) is 5.22. The van der Waals surface area contributed by atoms with E-state index in [0.717, 1.165) is 5.56 Å². The van der Waals surface area contributed by atoms with Gasteiger partial charge in [-0.25, -0.2) is 0 Å². The molecule has 0 aliphatic heterocycles. The van der Waals surface area contributed by atoms with Gasteiger partial charge in [-0.3, -0.25) is 9.59 Å². The molecule has 0 saturated carbocycles. The zero-order chi connectivity index (χ0) is 13.1. The molecular weight excluding hydrogens is 300 g/mol. The highest BCUT2D eigenvalue weighted by Gasteiger charge is 2.09. The molecule has 0 fully saturated rings. The number of nitrogens with zero attached hydrogens (tertiary/aromatic N) is 1. The van der Waals surface area contributed by atoms with Gasteiger partial charge in [-0.15, -0.1) is 0 Å². The van der Waals surface area contributed by atoms with Gasteiger partial charge in [0.15, 0.2) is 10.4 Å². The van der Waals surface area contributed by atoms with Crippen molar-refractivity contribution in [2.24, 2.45) is 7.05 Å². The second-order valence-electron chi connectivity index (χ2n) is 3.77. The minimum atomic E-state index is -0.297. The summed E-state index contributed by atoms with van der Waals surface area (Å²) < 4.78 is 7.10. The third kappa shape index (κ3) is 2.89. The van der Waals surface area contributed by atoms with Crippen LogP contribution in [0.5, 0.6) is 0 Å². The van der Waals surface area contributed by atoms with Gasteiger partial charge in [-0.05, 0) is 33.6 Å². The van der Waals surface area contributed by atoms with Crippen LogP contribution in [0.2, 0.25) is 0 Å². The number of aromatic nitrogens is 1. The molecule has 1 amide bonds. The van der Waals surface area contributed by atoms with E-state index in [2.05, 4.69) is 21.2 Å². The van der Waals surface area contributed by atoms with E-state index in [9.17, 15) is 9.59 Å². The average molecular weight is 311 g/mol. The number of furan rings is 1. The first-order valence-electron chi connectivity index (χ1n) is 5.25. The van der Waals surface area contributed by atoms with Gasteiger partial charge in [0.05, 0.1) is 0 Å². The molecule has 0 bridgehead atoms. The second-order valence-corrected chi connectivity index (χ2v) is 4.55. The Hall–Kier alpha value is -1.82. The summed E-state index contributed by atoms with van der Waals surface area (Å²) in [6, 6.07) is 6.38. The van der Waals surface area contributed by atoms with Crippen molar-refractivity contribution in [3.8, 4) is 0 Å². The molecule has 6 heteroatoms. The van der Waals surface area contributed by atoms with Crippen molar-refractivity contribution >= 4 is 21.8 Å². The average Bonchev–Trinajstić information content (AvgIpc) is 2.77. The van der Waals surface area contributed by atoms with E-state index >= 15 is 0 Å². The van der Waals surface area contributed by atoms with Crippen molar-refractivity contribution in [3.63, 3.8) is 0 Å². The van der Waals surface area contributed by atoms with Crippen LogP contribution in [0, 0.1) is 0 Å². The number of halogens is 1. The topological polar surface area (TPSA) is 64.2 Å². The van der Waals surface area contributed by atoms with Gasteiger partial charge < -0.3 is 14.3 Å². The highest BCUT2D eigenvalue weighted by molar-refractivity contribution is 9.10. The minimum absolute atomic E-state index is 0.0833. The third-order valence-electron chi connectivity index (χ3n) is 2.40. The summed E-state index contributed by atoms with van der Waals surface area (Å²) in [7, 11) is 1.66. The Morgan fingerprint density at radius 2 is 2.17 bits per heavy atom. The van der Waals surface area contributed by atoms with Gasteiger partial charge in [-0.2, -0.15) is 0 Å². The SMILES string of the molecule is Cn1cc(CNC(=O)c2ccc(Br)o2)ccc1=O. The maximum atomic E-state index is 11.7. The lowest BCUT2D eigenvalue weighted by molar-refractivity contribution is 0.0922.